The molecule has 3 atom stereocenters. The van der Waals surface area contributed by atoms with E-state index in [9.17, 15) is 8.78 Å². The number of oxazole rings is 1. The molecule has 4 aromatic rings. The second kappa shape index (κ2) is 8.47. The van der Waals surface area contributed by atoms with Gasteiger partial charge in [-0.15, -0.1) is 0 Å². The summed E-state index contributed by atoms with van der Waals surface area (Å²) in [5, 5.41) is 0.264. The molecule has 184 valence electrons. The van der Waals surface area contributed by atoms with E-state index in [1.54, 1.807) is 25.3 Å². The van der Waals surface area contributed by atoms with Crippen LogP contribution in [0.1, 0.15) is 36.1 Å². The summed E-state index contributed by atoms with van der Waals surface area (Å²) < 4.78 is 38.9. The Kier molecular flexibility index (Phi) is 5.36. The second-order valence-corrected chi connectivity index (χ2v) is 10.5. The number of ether oxygens (including phenoxy) is 1. The molecule has 9 nitrogen and oxygen atoms in total. The van der Waals surface area contributed by atoms with Crippen LogP contribution in [0.4, 0.5) is 8.78 Å². The number of hydrogen-bond donors (Lipinski definition) is 1. The van der Waals surface area contributed by atoms with Gasteiger partial charge in [-0.05, 0) is 31.0 Å². The fraction of sp³-hybridized carbons (Fsp3) is 0.333. The van der Waals surface area contributed by atoms with Crippen LogP contribution in [-0.2, 0) is 18.6 Å². The highest BCUT2D eigenvalue weighted by Crippen LogP contribution is 2.65. The molecule has 0 radical (unpaired) electrons. The van der Waals surface area contributed by atoms with Crippen LogP contribution in [0.5, 0.6) is 5.88 Å². The predicted octanol–water partition coefficient (Wildman–Crippen LogP) is 3.72. The molecule has 0 amide bonds. The Morgan fingerprint density at radius 1 is 1.22 bits per heavy atom. The first-order chi connectivity index (χ1) is 17.4. The van der Waals surface area contributed by atoms with E-state index in [0.717, 1.165) is 5.56 Å². The van der Waals surface area contributed by atoms with Crippen molar-refractivity contribution in [2.75, 3.05) is 6.67 Å². The van der Waals surface area contributed by atoms with Gasteiger partial charge in [0.25, 0.3) is 0 Å². The highest BCUT2D eigenvalue weighted by atomic mass is 32.2. The van der Waals surface area contributed by atoms with Gasteiger partial charge in [-0.2, -0.15) is 4.39 Å². The molecule has 1 aliphatic heterocycles. The van der Waals surface area contributed by atoms with Crippen LogP contribution in [0.15, 0.2) is 52.6 Å². The SMILES string of the molecule is C[C@]1(c2cc(Cc3nccc4nc(OCc5ncco5)cnc34)cnc2F)N=C(N)S[C@@]2(CF)C[C@H]21. The van der Waals surface area contributed by atoms with E-state index in [-0.39, 0.29) is 17.7 Å². The number of halogens is 2. The van der Waals surface area contributed by atoms with Crippen molar-refractivity contribution in [3.8, 4) is 5.88 Å². The van der Waals surface area contributed by atoms with Crippen LogP contribution >= 0.6 is 11.8 Å². The Morgan fingerprint density at radius 2 is 2.11 bits per heavy atom. The number of rotatable bonds is 7. The minimum atomic E-state index is -0.990. The molecule has 2 aliphatic rings. The van der Waals surface area contributed by atoms with Crippen LogP contribution < -0.4 is 10.5 Å². The van der Waals surface area contributed by atoms with Crippen molar-refractivity contribution in [3.63, 3.8) is 0 Å². The Bertz CT molecular complexity index is 1480. The van der Waals surface area contributed by atoms with Crippen LogP contribution in [0.3, 0.4) is 0 Å². The molecule has 6 rings (SSSR count). The highest BCUT2D eigenvalue weighted by Gasteiger charge is 2.66. The summed E-state index contributed by atoms with van der Waals surface area (Å²) in [6, 6.07) is 3.46. The molecule has 2 N–H and O–H groups in total. The molecule has 0 bridgehead atoms. The van der Waals surface area contributed by atoms with Gasteiger partial charge in [-0.25, -0.2) is 24.3 Å². The lowest BCUT2D eigenvalue weighted by Gasteiger charge is -2.33. The van der Waals surface area contributed by atoms with Crippen molar-refractivity contribution in [1.29, 1.82) is 0 Å². The third-order valence-electron chi connectivity index (χ3n) is 6.73. The summed E-state index contributed by atoms with van der Waals surface area (Å²) in [6.45, 7) is 1.39. The van der Waals surface area contributed by atoms with E-state index in [4.69, 9.17) is 14.9 Å². The Balaban J connectivity index is 1.29. The molecule has 36 heavy (non-hydrogen) atoms. The maximum absolute atomic E-state index is 15.0. The molecule has 12 heteroatoms. The monoisotopic (exact) mass is 509 g/mol. The molecule has 1 fully saturated rings. The smallest absolute Gasteiger partial charge is 0.233 e. The number of nitrogens with two attached hydrogens (primary N) is 1. The van der Waals surface area contributed by atoms with Crippen molar-refractivity contribution in [2.24, 2.45) is 16.6 Å². The summed E-state index contributed by atoms with van der Waals surface area (Å²) in [4.78, 5) is 26.0. The van der Waals surface area contributed by atoms with Gasteiger partial charge in [0.05, 0.1) is 33.9 Å². The maximum atomic E-state index is 15.0. The van der Waals surface area contributed by atoms with Crippen LogP contribution in [0.25, 0.3) is 11.0 Å². The second-order valence-electron chi connectivity index (χ2n) is 9.06. The van der Waals surface area contributed by atoms with E-state index in [1.165, 1.54) is 36.6 Å². The molecule has 4 aromatic heterocycles. The van der Waals surface area contributed by atoms with Gasteiger partial charge in [0.1, 0.15) is 18.5 Å². The lowest BCUT2D eigenvalue weighted by molar-refractivity contribution is 0.253. The molecule has 0 saturated heterocycles. The Labute approximate surface area is 208 Å². The third kappa shape index (κ3) is 3.85. The molecule has 5 heterocycles. The predicted molar refractivity (Wildman–Crippen MR) is 129 cm³/mol. The summed E-state index contributed by atoms with van der Waals surface area (Å²) in [5.74, 6) is -0.0424. The van der Waals surface area contributed by atoms with Gasteiger partial charge in [0, 0.05) is 30.3 Å². The number of fused-ring (bicyclic) bond motifs is 2. The standard InChI is InChI=1S/C24H21F2N7O2S/c1-23(17-8-24(17,12-25)36-22(27)33-23)14-6-13(9-31-21(14)26)7-16-20-15(2-3-28-16)32-18(10-30-20)35-11-19-29-4-5-34-19/h2-6,9-10,17H,7-8,11-12H2,1H3,(H2,27,33)/t17-,23+,24+/m0/s1. The average Bonchev–Trinajstić information content (AvgIpc) is 3.38. The molecular weight excluding hydrogens is 488 g/mol. The van der Waals surface area contributed by atoms with Gasteiger partial charge in [-0.1, -0.05) is 11.8 Å². The Morgan fingerprint density at radius 3 is 2.92 bits per heavy atom. The molecule has 1 saturated carbocycles. The zero-order valence-electron chi connectivity index (χ0n) is 19.2. The van der Waals surface area contributed by atoms with Crippen molar-refractivity contribution in [3.05, 3.63) is 71.8 Å². The zero-order valence-corrected chi connectivity index (χ0v) is 20.0. The van der Waals surface area contributed by atoms with E-state index in [1.807, 2.05) is 0 Å². The van der Waals surface area contributed by atoms with Crippen molar-refractivity contribution in [2.45, 2.75) is 36.7 Å². The molecular formula is C24H21F2N7O2S. The number of hydrogen-bond acceptors (Lipinski definition) is 10. The van der Waals surface area contributed by atoms with Crippen LogP contribution in [0, 0.1) is 11.9 Å². The number of amidine groups is 1. The first kappa shape index (κ1) is 22.8. The maximum Gasteiger partial charge on any atom is 0.233 e. The molecule has 1 aliphatic carbocycles. The van der Waals surface area contributed by atoms with Crippen molar-refractivity contribution >= 4 is 28.0 Å². The van der Waals surface area contributed by atoms with E-state index < -0.39 is 22.9 Å². The fourth-order valence-electron chi connectivity index (χ4n) is 4.85. The minimum absolute atomic E-state index is 0.129. The highest BCUT2D eigenvalue weighted by molar-refractivity contribution is 8.15. The first-order valence-electron chi connectivity index (χ1n) is 11.3. The number of pyridine rings is 2. The largest absolute Gasteiger partial charge is 0.467 e. The molecule has 0 spiro atoms. The number of nitrogens with zero attached hydrogens (tertiary/aromatic N) is 6. The van der Waals surface area contributed by atoms with Gasteiger partial charge in [0.15, 0.2) is 11.8 Å². The van der Waals surface area contributed by atoms with Crippen molar-refractivity contribution < 1.29 is 17.9 Å². The topological polar surface area (TPSA) is 125 Å². The number of aromatic nitrogens is 5. The number of alkyl halides is 1. The van der Waals surface area contributed by atoms with Gasteiger partial charge >= 0.3 is 0 Å². The lowest BCUT2D eigenvalue weighted by Crippen LogP contribution is -2.37. The quantitative estimate of drug-likeness (QED) is 0.371. The third-order valence-corrected chi connectivity index (χ3v) is 8.00. The van der Waals surface area contributed by atoms with E-state index in [0.29, 0.717) is 46.9 Å². The summed E-state index contributed by atoms with van der Waals surface area (Å²) in [5.41, 5.74) is 7.89. The van der Waals surface area contributed by atoms with E-state index >= 15 is 0 Å². The van der Waals surface area contributed by atoms with Gasteiger partial charge in [0.2, 0.25) is 17.7 Å². The summed E-state index contributed by atoms with van der Waals surface area (Å²) in [7, 11) is 0. The minimum Gasteiger partial charge on any atom is -0.467 e. The average molecular weight is 510 g/mol. The fourth-order valence-corrected chi connectivity index (χ4v) is 6.18. The zero-order chi connectivity index (χ0) is 24.9. The van der Waals surface area contributed by atoms with Gasteiger partial charge in [-0.3, -0.25) is 9.98 Å². The normalized spacial score (nSPS) is 24.9. The summed E-state index contributed by atoms with van der Waals surface area (Å²) >= 11 is 1.24. The molecule has 0 unspecified atom stereocenters. The van der Waals surface area contributed by atoms with Crippen molar-refractivity contribution in [1.82, 2.24) is 24.9 Å². The molecule has 0 aromatic carbocycles. The summed E-state index contributed by atoms with van der Waals surface area (Å²) in [6.07, 6.45) is 8.53. The van der Waals surface area contributed by atoms with Gasteiger partial charge < -0.3 is 14.9 Å². The lowest BCUT2D eigenvalue weighted by atomic mass is 9.86. The van der Waals surface area contributed by atoms with Crippen LogP contribution in [-0.4, -0.2) is 41.5 Å². The van der Waals surface area contributed by atoms with Crippen LogP contribution in [0.2, 0.25) is 0 Å². The number of thioether (sulfide) groups is 1. The van der Waals surface area contributed by atoms with E-state index in [2.05, 4.69) is 29.9 Å². The number of aliphatic imine (C=N–C) groups is 1. The Hall–Kier alpha value is -3.67. The first-order valence-corrected chi connectivity index (χ1v) is 12.1.